The highest BCUT2D eigenvalue weighted by atomic mass is 35.5. The number of hydrogen-bond donors (Lipinski definition) is 0. The summed E-state index contributed by atoms with van der Waals surface area (Å²) in [5.74, 6) is 0.639. The Hall–Kier alpha value is -1.20. The highest BCUT2D eigenvalue weighted by Gasteiger charge is 2.32. The van der Waals surface area contributed by atoms with Gasteiger partial charge in [-0.15, -0.1) is 0 Å². The maximum absolute atomic E-state index is 11.6. The average molecular weight is 268 g/mol. The van der Waals surface area contributed by atoms with E-state index >= 15 is 0 Å². The second kappa shape index (κ2) is 4.23. The van der Waals surface area contributed by atoms with Crippen molar-refractivity contribution in [2.24, 2.45) is 4.99 Å². The molecule has 1 amide bonds. The summed E-state index contributed by atoms with van der Waals surface area (Å²) in [5.41, 5.74) is 1.03. The molecule has 2 heterocycles. The number of amides is 1. The van der Waals surface area contributed by atoms with E-state index in [1.165, 1.54) is 11.8 Å². The van der Waals surface area contributed by atoms with Gasteiger partial charge in [0, 0.05) is 10.7 Å². The number of rotatable bonds is 1. The first-order chi connectivity index (χ1) is 8.24. The van der Waals surface area contributed by atoms with Gasteiger partial charge in [0.2, 0.25) is 5.91 Å². The molecule has 1 fully saturated rings. The quantitative estimate of drug-likeness (QED) is 0.781. The van der Waals surface area contributed by atoms with Crippen molar-refractivity contribution in [3.8, 4) is 0 Å². The number of halogens is 1. The number of benzene rings is 1. The van der Waals surface area contributed by atoms with Crippen molar-refractivity contribution in [2.45, 2.75) is 0 Å². The molecule has 2 aliphatic heterocycles. The molecule has 4 nitrogen and oxygen atoms in total. The van der Waals surface area contributed by atoms with Crippen LogP contribution in [0.25, 0.3) is 0 Å². The third-order valence-corrected chi connectivity index (χ3v) is 3.99. The molecule has 0 bridgehead atoms. The van der Waals surface area contributed by atoms with E-state index in [2.05, 4.69) is 4.99 Å². The number of carbonyl (C=O) groups is 1. The van der Waals surface area contributed by atoms with Crippen LogP contribution in [0.1, 0.15) is 0 Å². The molecule has 3 rings (SSSR count). The molecule has 0 unspecified atom stereocenters. The fourth-order valence-corrected chi connectivity index (χ4v) is 2.83. The van der Waals surface area contributed by atoms with Gasteiger partial charge in [-0.25, -0.2) is 4.99 Å². The first-order valence-corrected chi connectivity index (χ1v) is 6.58. The lowest BCUT2D eigenvalue weighted by atomic mass is 10.3. The van der Waals surface area contributed by atoms with Gasteiger partial charge in [0.1, 0.15) is 13.3 Å². The van der Waals surface area contributed by atoms with Gasteiger partial charge in [0.25, 0.3) is 0 Å². The van der Waals surface area contributed by atoms with Crippen LogP contribution in [-0.4, -0.2) is 35.1 Å². The van der Waals surface area contributed by atoms with Crippen LogP contribution in [0.4, 0.5) is 5.69 Å². The molecule has 0 aliphatic carbocycles. The second-order valence-electron chi connectivity index (χ2n) is 3.85. The third-order valence-electron chi connectivity index (χ3n) is 2.74. The normalized spacial score (nSPS) is 19.4. The van der Waals surface area contributed by atoms with E-state index in [-0.39, 0.29) is 5.91 Å². The summed E-state index contributed by atoms with van der Waals surface area (Å²) in [4.78, 5) is 19.8. The van der Waals surface area contributed by atoms with Crippen molar-refractivity contribution in [2.75, 3.05) is 24.0 Å². The summed E-state index contributed by atoms with van der Waals surface area (Å²) >= 11 is 7.36. The minimum absolute atomic E-state index is 0.132. The van der Waals surface area contributed by atoms with E-state index < -0.39 is 0 Å². The van der Waals surface area contributed by atoms with Crippen LogP contribution in [0.15, 0.2) is 29.3 Å². The van der Waals surface area contributed by atoms with Gasteiger partial charge >= 0.3 is 0 Å². The molecule has 1 aromatic carbocycles. The Balaban J connectivity index is 1.83. The third kappa shape index (κ3) is 2.00. The van der Waals surface area contributed by atoms with Crippen LogP contribution in [0.3, 0.4) is 0 Å². The number of nitrogens with zero attached hydrogens (tertiary/aromatic N) is 3. The maximum atomic E-state index is 11.6. The van der Waals surface area contributed by atoms with E-state index in [9.17, 15) is 4.79 Å². The zero-order valence-corrected chi connectivity index (χ0v) is 10.5. The summed E-state index contributed by atoms with van der Waals surface area (Å²) in [6, 6.07) is 7.57. The second-order valence-corrected chi connectivity index (χ2v) is 5.23. The molecule has 17 heavy (non-hydrogen) atoms. The van der Waals surface area contributed by atoms with Crippen molar-refractivity contribution in [1.82, 2.24) is 4.90 Å². The Kier molecular flexibility index (Phi) is 2.72. The summed E-state index contributed by atoms with van der Waals surface area (Å²) in [5, 5.41) is 1.56. The monoisotopic (exact) mass is 267 g/mol. The predicted octanol–water partition coefficient (Wildman–Crippen LogP) is 2.01. The van der Waals surface area contributed by atoms with E-state index in [1.54, 1.807) is 4.90 Å². The fraction of sp³-hybridized carbons (Fsp3) is 0.273. The molecule has 0 radical (unpaired) electrons. The van der Waals surface area contributed by atoms with Gasteiger partial charge in [-0.2, -0.15) is 0 Å². The van der Waals surface area contributed by atoms with E-state index in [4.69, 9.17) is 11.6 Å². The smallest absolute Gasteiger partial charge is 0.240 e. The van der Waals surface area contributed by atoms with Crippen LogP contribution in [0, 0.1) is 0 Å². The fourth-order valence-electron chi connectivity index (χ4n) is 1.84. The molecule has 2 aliphatic rings. The Morgan fingerprint density at radius 2 is 2.06 bits per heavy atom. The first kappa shape index (κ1) is 10.9. The molecular formula is C11H10ClN3OS. The zero-order valence-electron chi connectivity index (χ0n) is 8.97. The van der Waals surface area contributed by atoms with Gasteiger partial charge < -0.3 is 4.90 Å². The molecule has 0 spiro atoms. The van der Waals surface area contributed by atoms with E-state index in [0.29, 0.717) is 24.1 Å². The minimum Gasteiger partial charge on any atom is -0.334 e. The summed E-state index contributed by atoms with van der Waals surface area (Å²) in [6.07, 6.45) is 0. The Morgan fingerprint density at radius 1 is 1.29 bits per heavy atom. The largest absolute Gasteiger partial charge is 0.334 e. The number of amidine groups is 1. The zero-order chi connectivity index (χ0) is 11.8. The van der Waals surface area contributed by atoms with Crippen LogP contribution >= 0.6 is 23.4 Å². The molecular weight excluding hydrogens is 258 g/mol. The number of hydrogen-bond acceptors (Lipinski definition) is 4. The Morgan fingerprint density at radius 3 is 2.82 bits per heavy atom. The van der Waals surface area contributed by atoms with Crippen LogP contribution in [0.2, 0.25) is 5.02 Å². The van der Waals surface area contributed by atoms with Gasteiger partial charge in [0.15, 0.2) is 5.17 Å². The summed E-state index contributed by atoms with van der Waals surface area (Å²) in [7, 11) is 0. The van der Waals surface area contributed by atoms with E-state index in [0.717, 1.165) is 10.9 Å². The van der Waals surface area contributed by atoms with Crippen LogP contribution < -0.4 is 4.90 Å². The standard InChI is InChI=1S/C11H10ClN3OS/c12-8-1-3-9(4-2-8)14-6-13-11-15(7-14)10(16)5-17-11/h1-4H,5-7H2. The average Bonchev–Trinajstić information content (AvgIpc) is 2.72. The Labute approximate surface area is 108 Å². The van der Waals surface area contributed by atoms with Crippen LogP contribution in [0.5, 0.6) is 0 Å². The van der Waals surface area contributed by atoms with Gasteiger partial charge in [-0.05, 0) is 24.3 Å². The lowest BCUT2D eigenvalue weighted by molar-refractivity contribution is -0.124. The number of aliphatic imine (C=N–C) groups is 1. The number of anilines is 1. The number of carbonyl (C=O) groups excluding carboxylic acids is 1. The topological polar surface area (TPSA) is 35.9 Å². The first-order valence-electron chi connectivity index (χ1n) is 5.22. The van der Waals surface area contributed by atoms with Gasteiger partial charge in [-0.1, -0.05) is 23.4 Å². The molecule has 0 atom stereocenters. The number of thioether (sulfide) groups is 1. The Bertz CT molecular complexity index is 488. The van der Waals surface area contributed by atoms with Crippen LogP contribution in [-0.2, 0) is 4.79 Å². The molecule has 6 heteroatoms. The number of fused-ring (bicyclic) bond motifs is 1. The molecule has 88 valence electrons. The van der Waals surface area contributed by atoms with E-state index in [1.807, 2.05) is 29.2 Å². The van der Waals surface area contributed by atoms with Crippen molar-refractivity contribution >= 4 is 40.1 Å². The summed E-state index contributed by atoms with van der Waals surface area (Å²) < 4.78 is 0. The molecule has 0 aromatic heterocycles. The van der Waals surface area contributed by atoms with Crippen molar-refractivity contribution in [3.05, 3.63) is 29.3 Å². The van der Waals surface area contributed by atoms with Gasteiger partial charge in [-0.3, -0.25) is 9.69 Å². The maximum Gasteiger partial charge on any atom is 0.240 e. The SMILES string of the molecule is O=C1CSC2=NCN(c3ccc(Cl)cc3)CN12. The highest BCUT2D eigenvalue weighted by molar-refractivity contribution is 8.15. The molecule has 0 N–H and O–H groups in total. The molecule has 1 aromatic rings. The lowest BCUT2D eigenvalue weighted by Crippen LogP contribution is -2.45. The van der Waals surface area contributed by atoms with Crippen molar-refractivity contribution in [3.63, 3.8) is 0 Å². The van der Waals surface area contributed by atoms with Crippen molar-refractivity contribution in [1.29, 1.82) is 0 Å². The summed E-state index contributed by atoms with van der Waals surface area (Å²) in [6.45, 7) is 1.17. The molecule has 0 saturated carbocycles. The predicted molar refractivity (Wildman–Crippen MR) is 70.4 cm³/mol. The highest BCUT2D eigenvalue weighted by Crippen LogP contribution is 2.26. The molecule has 1 saturated heterocycles. The minimum atomic E-state index is 0.132. The van der Waals surface area contributed by atoms with Gasteiger partial charge in [0.05, 0.1) is 5.75 Å². The lowest BCUT2D eigenvalue weighted by Gasteiger charge is -2.32. The van der Waals surface area contributed by atoms with Crippen molar-refractivity contribution < 1.29 is 4.79 Å².